The lowest BCUT2D eigenvalue weighted by molar-refractivity contribution is -0.112. The SMILES string of the molecule is CCCCCC[C@@](C)(N)C=O. The summed E-state index contributed by atoms with van der Waals surface area (Å²) in [6.45, 7) is 3.95. The fourth-order valence-electron chi connectivity index (χ4n) is 0.992. The van der Waals surface area contributed by atoms with Crippen molar-refractivity contribution in [3.63, 3.8) is 0 Å². The van der Waals surface area contributed by atoms with Gasteiger partial charge in [-0.25, -0.2) is 0 Å². The number of rotatable bonds is 6. The molecule has 0 saturated heterocycles. The third-order valence-corrected chi connectivity index (χ3v) is 1.84. The molecule has 2 nitrogen and oxygen atoms in total. The molecular weight excluding hydrogens is 138 g/mol. The highest BCUT2D eigenvalue weighted by atomic mass is 16.1. The molecule has 0 radical (unpaired) electrons. The van der Waals surface area contributed by atoms with E-state index in [4.69, 9.17) is 5.73 Å². The molecule has 0 fully saturated rings. The first-order valence-electron chi connectivity index (χ1n) is 4.37. The van der Waals surface area contributed by atoms with E-state index in [9.17, 15) is 4.79 Å². The molecule has 1 atom stereocenters. The second-order valence-electron chi connectivity index (χ2n) is 3.43. The number of hydrogen-bond acceptors (Lipinski definition) is 2. The first-order chi connectivity index (χ1) is 5.12. The summed E-state index contributed by atoms with van der Waals surface area (Å²) in [4.78, 5) is 10.4. The van der Waals surface area contributed by atoms with E-state index in [-0.39, 0.29) is 0 Å². The van der Waals surface area contributed by atoms with Crippen LogP contribution in [-0.2, 0) is 4.79 Å². The van der Waals surface area contributed by atoms with E-state index in [1.54, 1.807) is 6.92 Å². The normalized spacial score (nSPS) is 15.9. The summed E-state index contributed by atoms with van der Waals surface area (Å²) in [5.74, 6) is 0. The molecule has 0 rings (SSSR count). The Morgan fingerprint density at radius 1 is 1.36 bits per heavy atom. The molecule has 2 N–H and O–H groups in total. The van der Waals surface area contributed by atoms with Crippen molar-refractivity contribution in [3.05, 3.63) is 0 Å². The van der Waals surface area contributed by atoms with Crippen LogP contribution in [0.25, 0.3) is 0 Å². The Hall–Kier alpha value is -0.370. The number of aldehydes is 1. The number of nitrogens with two attached hydrogens (primary N) is 1. The maximum atomic E-state index is 10.4. The smallest absolute Gasteiger partial charge is 0.139 e. The molecule has 11 heavy (non-hydrogen) atoms. The zero-order valence-corrected chi connectivity index (χ0v) is 7.60. The van der Waals surface area contributed by atoms with Gasteiger partial charge in [-0.3, -0.25) is 0 Å². The summed E-state index contributed by atoms with van der Waals surface area (Å²) in [6, 6.07) is 0. The predicted octanol–water partition coefficient (Wildman–Crippen LogP) is 1.87. The van der Waals surface area contributed by atoms with Gasteiger partial charge in [-0.1, -0.05) is 32.6 Å². The van der Waals surface area contributed by atoms with Gasteiger partial charge in [0, 0.05) is 0 Å². The lowest BCUT2D eigenvalue weighted by Crippen LogP contribution is -2.37. The molecule has 0 aromatic rings. The molecule has 0 aromatic heterocycles. The van der Waals surface area contributed by atoms with Gasteiger partial charge in [-0.2, -0.15) is 0 Å². The van der Waals surface area contributed by atoms with E-state index < -0.39 is 5.54 Å². The van der Waals surface area contributed by atoms with Gasteiger partial charge in [-0.05, 0) is 13.3 Å². The van der Waals surface area contributed by atoms with Crippen LogP contribution in [0.3, 0.4) is 0 Å². The largest absolute Gasteiger partial charge is 0.319 e. The molecule has 0 bridgehead atoms. The van der Waals surface area contributed by atoms with Gasteiger partial charge >= 0.3 is 0 Å². The summed E-state index contributed by atoms with van der Waals surface area (Å²) < 4.78 is 0. The minimum Gasteiger partial charge on any atom is -0.319 e. The molecule has 0 heterocycles. The Morgan fingerprint density at radius 3 is 2.45 bits per heavy atom. The van der Waals surface area contributed by atoms with Crippen molar-refractivity contribution in [1.82, 2.24) is 0 Å². The van der Waals surface area contributed by atoms with Gasteiger partial charge in [-0.15, -0.1) is 0 Å². The van der Waals surface area contributed by atoms with Crippen LogP contribution in [0, 0.1) is 0 Å². The van der Waals surface area contributed by atoms with Crippen molar-refractivity contribution in [1.29, 1.82) is 0 Å². The first-order valence-corrected chi connectivity index (χ1v) is 4.37. The van der Waals surface area contributed by atoms with Crippen LogP contribution in [0.4, 0.5) is 0 Å². The lowest BCUT2D eigenvalue weighted by Gasteiger charge is -2.15. The molecule has 0 aliphatic heterocycles. The Morgan fingerprint density at radius 2 is 2.00 bits per heavy atom. The first kappa shape index (κ1) is 10.6. The molecule has 66 valence electrons. The Labute approximate surface area is 69.2 Å². The van der Waals surface area contributed by atoms with Crippen LogP contribution in [0.5, 0.6) is 0 Å². The van der Waals surface area contributed by atoms with Crippen molar-refractivity contribution in [2.75, 3.05) is 0 Å². The van der Waals surface area contributed by atoms with Crippen LogP contribution < -0.4 is 5.73 Å². The van der Waals surface area contributed by atoms with E-state index in [0.717, 1.165) is 19.1 Å². The van der Waals surface area contributed by atoms with E-state index >= 15 is 0 Å². The van der Waals surface area contributed by atoms with Crippen molar-refractivity contribution < 1.29 is 4.79 Å². The fourth-order valence-corrected chi connectivity index (χ4v) is 0.992. The number of carbonyl (C=O) groups is 1. The molecule has 0 aliphatic carbocycles. The van der Waals surface area contributed by atoms with Gasteiger partial charge < -0.3 is 10.5 Å². The van der Waals surface area contributed by atoms with Crippen molar-refractivity contribution in [3.8, 4) is 0 Å². The average molecular weight is 157 g/mol. The molecule has 0 spiro atoms. The number of carbonyl (C=O) groups excluding carboxylic acids is 1. The summed E-state index contributed by atoms with van der Waals surface area (Å²) in [5, 5.41) is 0. The third kappa shape index (κ3) is 6.05. The van der Waals surface area contributed by atoms with Crippen molar-refractivity contribution in [2.24, 2.45) is 5.73 Å². The lowest BCUT2D eigenvalue weighted by atomic mass is 9.97. The topological polar surface area (TPSA) is 43.1 Å². The van der Waals surface area contributed by atoms with Crippen molar-refractivity contribution >= 4 is 6.29 Å². The van der Waals surface area contributed by atoms with Gasteiger partial charge in [0.05, 0.1) is 5.54 Å². The molecule has 0 aromatic carbocycles. The predicted molar refractivity (Wildman–Crippen MR) is 47.4 cm³/mol. The zero-order valence-electron chi connectivity index (χ0n) is 7.60. The summed E-state index contributed by atoms with van der Waals surface area (Å²) in [6.07, 6.45) is 6.39. The van der Waals surface area contributed by atoms with Gasteiger partial charge in [0.2, 0.25) is 0 Å². The Kier molecular flexibility index (Phi) is 5.12. The number of hydrogen-bond donors (Lipinski definition) is 1. The Bertz CT molecular complexity index is 110. The molecular formula is C9H19NO. The summed E-state index contributed by atoms with van der Waals surface area (Å²) >= 11 is 0. The van der Waals surface area contributed by atoms with Gasteiger partial charge in [0.15, 0.2) is 0 Å². The average Bonchev–Trinajstić information content (AvgIpc) is 1.99. The van der Waals surface area contributed by atoms with E-state index in [1.807, 2.05) is 0 Å². The van der Waals surface area contributed by atoms with E-state index in [0.29, 0.717) is 0 Å². The zero-order chi connectivity index (χ0) is 8.74. The Balaban J connectivity index is 3.30. The molecule has 0 amide bonds. The highest BCUT2D eigenvalue weighted by Gasteiger charge is 2.15. The minimum absolute atomic E-state index is 0.590. The minimum atomic E-state index is -0.590. The second kappa shape index (κ2) is 5.30. The van der Waals surface area contributed by atoms with Crippen LogP contribution in [0.1, 0.15) is 46.0 Å². The molecule has 0 unspecified atom stereocenters. The second-order valence-corrected chi connectivity index (χ2v) is 3.43. The standard InChI is InChI=1S/C9H19NO/c1-3-4-5-6-7-9(2,10)8-11/h8H,3-7,10H2,1-2H3/t9-/m1/s1. The third-order valence-electron chi connectivity index (χ3n) is 1.84. The highest BCUT2D eigenvalue weighted by molar-refractivity contribution is 5.62. The molecule has 0 aliphatic rings. The van der Waals surface area contributed by atoms with E-state index in [1.165, 1.54) is 19.3 Å². The van der Waals surface area contributed by atoms with Gasteiger partial charge in [0.1, 0.15) is 6.29 Å². The number of unbranched alkanes of at least 4 members (excludes halogenated alkanes) is 3. The van der Waals surface area contributed by atoms with E-state index in [2.05, 4.69) is 6.92 Å². The quantitative estimate of drug-likeness (QED) is 0.472. The fraction of sp³-hybridized carbons (Fsp3) is 0.889. The molecule has 2 heteroatoms. The maximum absolute atomic E-state index is 10.4. The summed E-state index contributed by atoms with van der Waals surface area (Å²) in [7, 11) is 0. The van der Waals surface area contributed by atoms with Crippen LogP contribution >= 0.6 is 0 Å². The monoisotopic (exact) mass is 157 g/mol. The van der Waals surface area contributed by atoms with Crippen LogP contribution in [0.2, 0.25) is 0 Å². The summed E-state index contributed by atoms with van der Waals surface area (Å²) in [5.41, 5.74) is 5.04. The van der Waals surface area contributed by atoms with Gasteiger partial charge in [0.25, 0.3) is 0 Å². The van der Waals surface area contributed by atoms with Crippen LogP contribution in [0.15, 0.2) is 0 Å². The highest BCUT2D eigenvalue weighted by Crippen LogP contribution is 2.09. The molecule has 0 saturated carbocycles. The van der Waals surface area contributed by atoms with Crippen molar-refractivity contribution in [2.45, 2.75) is 51.5 Å². The van der Waals surface area contributed by atoms with Crippen LogP contribution in [-0.4, -0.2) is 11.8 Å². The maximum Gasteiger partial charge on any atom is 0.139 e.